The van der Waals surface area contributed by atoms with E-state index in [1.807, 2.05) is 48.5 Å². The minimum atomic E-state index is -0.212. The zero-order valence-electron chi connectivity index (χ0n) is 15.6. The van der Waals surface area contributed by atoms with Crippen molar-refractivity contribution >= 4 is 44.7 Å². The van der Waals surface area contributed by atoms with E-state index in [2.05, 4.69) is 26.2 Å². The lowest BCUT2D eigenvalue weighted by Gasteiger charge is -2.03. The molecule has 0 bridgehead atoms. The fourth-order valence-electron chi connectivity index (χ4n) is 2.85. The first-order valence-corrected chi connectivity index (χ1v) is 9.70. The SMILES string of the molecule is COc1ccc(-c2nc3cc(NC(=O)/C=C\c4ccccc4)ccc3o2)cc1Br. The van der Waals surface area contributed by atoms with Gasteiger partial charge in [-0.25, -0.2) is 4.98 Å². The van der Waals surface area contributed by atoms with Gasteiger partial charge in [0.1, 0.15) is 11.3 Å². The molecule has 6 heteroatoms. The van der Waals surface area contributed by atoms with Crippen molar-refractivity contribution in [3.05, 3.63) is 82.8 Å². The average molecular weight is 449 g/mol. The van der Waals surface area contributed by atoms with Crippen LogP contribution in [0.3, 0.4) is 0 Å². The van der Waals surface area contributed by atoms with Crippen LogP contribution < -0.4 is 10.1 Å². The van der Waals surface area contributed by atoms with Gasteiger partial charge in [0.2, 0.25) is 11.8 Å². The van der Waals surface area contributed by atoms with E-state index in [1.165, 1.54) is 6.08 Å². The Hall–Kier alpha value is -3.38. The zero-order chi connectivity index (χ0) is 20.2. The van der Waals surface area contributed by atoms with Gasteiger partial charge in [-0.15, -0.1) is 0 Å². The first kappa shape index (κ1) is 19.0. The number of benzene rings is 3. The van der Waals surface area contributed by atoms with E-state index in [0.717, 1.165) is 21.3 Å². The van der Waals surface area contributed by atoms with E-state index in [-0.39, 0.29) is 5.91 Å². The van der Waals surface area contributed by atoms with Crippen LogP contribution >= 0.6 is 15.9 Å². The second-order valence-electron chi connectivity index (χ2n) is 6.28. The number of carbonyl (C=O) groups excluding carboxylic acids is 1. The van der Waals surface area contributed by atoms with Gasteiger partial charge in [0, 0.05) is 17.3 Å². The van der Waals surface area contributed by atoms with E-state index in [0.29, 0.717) is 22.7 Å². The maximum Gasteiger partial charge on any atom is 0.248 e. The third kappa shape index (κ3) is 4.38. The molecule has 0 spiro atoms. The number of hydrogen-bond donors (Lipinski definition) is 1. The molecule has 0 aliphatic heterocycles. The van der Waals surface area contributed by atoms with E-state index in [4.69, 9.17) is 9.15 Å². The highest BCUT2D eigenvalue weighted by molar-refractivity contribution is 9.10. The van der Waals surface area contributed by atoms with Crippen molar-refractivity contribution in [1.82, 2.24) is 4.98 Å². The van der Waals surface area contributed by atoms with Gasteiger partial charge in [0.25, 0.3) is 0 Å². The molecule has 0 atom stereocenters. The van der Waals surface area contributed by atoms with Crippen LogP contribution in [0.1, 0.15) is 5.56 Å². The molecule has 4 aromatic rings. The molecule has 0 aliphatic carbocycles. The summed E-state index contributed by atoms with van der Waals surface area (Å²) in [5, 5.41) is 2.85. The molecular weight excluding hydrogens is 432 g/mol. The molecule has 0 saturated carbocycles. The van der Waals surface area contributed by atoms with E-state index in [9.17, 15) is 4.79 Å². The van der Waals surface area contributed by atoms with Crippen LogP contribution in [0.2, 0.25) is 0 Å². The predicted octanol–water partition coefficient (Wildman–Crippen LogP) is 5.92. The van der Waals surface area contributed by atoms with E-state index in [1.54, 1.807) is 31.4 Å². The number of oxazole rings is 1. The number of nitrogens with zero attached hydrogens (tertiary/aromatic N) is 1. The standard InChI is InChI=1S/C23H17BrN2O3/c1-28-20-10-8-16(13-18(20)24)23-26-19-14-17(9-11-21(19)29-23)25-22(27)12-7-15-5-3-2-4-6-15/h2-14H,1H3,(H,25,27)/b12-7-. The summed E-state index contributed by atoms with van der Waals surface area (Å²) in [5.74, 6) is 1.02. The van der Waals surface area contributed by atoms with Crippen molar-refractivity contribution in [1.29, 1.82) is 0 Å². The van der Waals surface area contributed by atoms with Gasteiger partial charge in [0.05, 0.1) is 11.6 Å². The third-order valence-corrected chi connectivity index (χ3v) is 4.90. The van der Waals surface area contributed by atoms with E-state index < -0.39 is 0 Å². The molecule has 144 valence electrons. The highest BCUT2D eigenvalue weighted by Crippen LogP contribution is 2.32. The minimum absolute atomic E-state index is 0.212. The van der Waals surface area contributed by atoms with Crippen LogP contribution in [0.15, 0.2) is 81.7 Å². The highest BCUT2D eigenvalue weighted by Gasteiger charge is 2.11. The number of hydrogen-bond acceptors (Lipinski definition) is 4. The summed E-state index contributed by atoms with van der Waals surface area (Å²) in [6, 6.07) is 20.6. The third-order valence-electron chi connectivity index (χ3n) is 4.28. The maximum absolute atomic E-state index is 12.2. The van der Waals surface area contributed by atoms with Gasteiger partial charge in [-0.05, 0) is 64.0 Å². The molecule has 1 N–H and O–H groups in total. The molecule has 0 fully saturated rings. The molecule has 3 aromatic carbocycles. The lowest BCUT2D eigenvalue weighted by Crippen LogP contribution is -2.07. The van der Waals surface area contributed by atoms with Crippen LogP contribution in [0, 0.1) is 0 Å². The van der Waals surface area contributed by atoms with Crippen molar-refractivity contribution in [2.45, 2.75) is 0 Å². The quantitative estimate of drug-likeness (QED) is 0.385. The molecular formula is C23H17BrN2O3. The summed E-state index contributed by atoms with van der Waals surface area (Å²) in [6.45, 7) is 0. The molecule has 1 heterocycles. The van der Waals surface area contributed by atoms with Crippen LogP contribution in [0.25, 0.3) is 28.6 Å². The summed E-state index contributed by atoms with van der Waals surface area (Å²) in [7, 11) is 1.62. The Kier molecular flexibility index (Phi) is 5.44. The molecule has 0 aliphatic rings. The highest BCUT2D eigenvalue weighted by atomic mass is 79.9. The Morgan fingerprint density at radius 2 is 1.93 bits per heavy atom. The first-order valence-electron chi connectivity index (χ1n) is 8.91. The Morgan fingerprint density at radius 1 is 1.10 bits per heavy atom. The summed E-state index contributed by atoms with van der Waals surface area (Å²) < 4.78 is 11.9. The van der Waals surface area contributed by atoms with Crippen LogP contribution in [-0.2, 0) is 4.79 Å². The number of fused-ring (bicyclic) bond motifs is 1. The molecule has 1 amide bonds. The van der Waals surface area contributed by atoms with Gasteiger partial charge in [-0.3, -0.25) is 4.79 Å². The number of aromatic nitrogens is 1. The number of nitrogens with one attached hydrogen (secondary N) is 1. The van der Waals surface area contributed by atoms with Gasteiger partial charge in [-0.1, -0.05) is 30.3 Å². The Labute approximate surface area is 176 Å². The fourth-order valence-corrected chi connectivity index (χ4v) is 3.39. The average Bonchev–Trinajstić information content (AvgIpc) is 3.16. The number of anilines is 1. The summed E-state index contributed by atoms with van der Waals surface area (Å²) in [4.78, 5) is 16.7. The lowest BCUT2D eigenvalue weighted by molar-refractivity contribution is -0.111. The normalized spacial score (nSPS) is 11.1. The Balaban J connectivity index is 1.53. The van der Waals surface area contributed by atoms with Gasteiger partial charge in [-0.2, -0.15) is 0 Å². The van der Waals surface area contributed by atoms with Crippen LogP contribution in [-0.4, -0.2) is 18.0 Å². The van der Waals surface area contributed by atoms with Crippen LogP contribution in [0.4, 0.5) is 5.69 Å². The van der Waals surface area contributed by atoms with Gasteiger partial charge in [0.15, 0.2) is 5.58 Å². The Morgan fingerprint density at radius 3 is 2.69 bits per heavy atom. The van der Waals surface area contributed by atoms with Crippen molar-refractivity contribution in [3.8, 4) is 17.2 Å². The molecule has 5 nitrogen and oxygen atoms in total. The number of ether oxygens (including phenoxy) is 1. The van der Waals surface area contributed by atoms with Crippen molar-refractivity contribution in [2.24, 2.45) is 0 Å². The number of halogens is 1. The zero-order valence-corrected chi connectivity index (χ0v) is 17.1. The first-order chi connectivity index (χ1) is 14.1. The Bertz CT molecular complexity index is 1200. The number of carbonyl (C=O) groups is 1. The minimum Gasteiger partial charge on any atom is -0.496 e. The number of amides is 1. The van der Waals surface area contributed by atoms with Gasteiger partial charge >= 0.3 is 0 Å². The number of rotatable bonds is 5. The van der Waals surface area contributed by atoms with E-state index >= 15 is 0 Å². The molecule has 4 rings (SSSR count). The molecule has 1 aromatic heterocycles. The predicted molar refractivity (Wildman–Crippen MR) is 118 cm³/mol. The fraction of sp³-hybridized carbons (Fsp3) is 0.0435. The van der Waals surface area contributed by atoms with Crippen molar-refractivity contribution < 1.29 is 13.9 Å². The topological polar surface area (TPSA) is 64.4 Å². The largest absolute Gasteiger partial charge is 0.496 e. The van der Waals surface area contributed by atoms with Crippen LogP contribution in [0.5, 0.6) is 5.75 Å². The number of methoxy groups -OCH3 is 1. The molecule has 0 unspecified atom stereocenters. The maximum atomic E-state index is 12.2. The molecule has 0 radical (unpaired) electrons. The van der Waals surface area contributed by atoms with Crippen molar-refractivity contribution in [3.63, 3.8) is 0 Å². The summed E-state index contributed by atoms with van der Waals surface area (Å²) in [6.07, 6.45) is 3.27. The lowest BCUT2D eigenvalue weighted by atomic mass is 10.2. The second-order valence-corrected chi connectivity index (χ2v) is 7.14. The van der Waals surface area contributed by atoms with Gasteiger partial charge < -0.3 is 14.5 Å². The smallest absolute Gasteiger partial charge is 0.248 e. The molecule has 0 saturated heterocycles. The monoisotopic (exact) mass is 448 g/mol. The summed E-state index contributed by atoms with van der Waals surface area (Å²) >= 11 is 3.47. The summed E-state index contributed by atoms with van der Waals surface area (Å²) in [5.41, 5.74) is 3.74. The van der Waals surface area contributed by atoms with Crippen molar-refractivity contribution in [2.75, 3.05) is 12.4 Å². The molecule has 29 heavy (non-hydrogen) atoms. The second kappa shape index (κ2) is 8.32.